The van der Waals surface area contributed by atoms with E-state index in [0.29, 0.717) is 72.4 Å². The molecule has 5 aromatic rings. The Morgan fingerprint density at radius 1 is 0.585 bits per heavy atom. The lowest BCUT2D eigenvalue weighted by molar-refractivity contribution is -0.144. The molecule has 2 aliphatic heterocycles. The lowest BCUT2D eigenvalue weighted by Crippen LogP contribution is -2.45. The van der Waals surface area contributed by atoms with Crippen LogP contribution in [0, 0.1) is 0 Å². The van der Waals surface area contributed by atoms with Gasteiger partial charge in [-0.3, -0.25) is 19.2 Å². The molecule has 270 valence electrons. The number of anilines is 2. The fraction of sp³-hybridized carbons (Fsp3) is 0.250. The van der Waals surface area contributed by atoms with Crippen molar-refractivity contribution in [3.05, 3.63) is 120 Å². The van der Waals surface area contributed by atoms with E-state index in [1.165, 1.54) is 9.80 Å². The first-order chi connectivity index (χ1) is 25.8. The zero-order valence-electron chi connectivity index (χ0n) is 28.7. The van der Waals surface area contributed by atoms with Crippen molar-refractivity contribution in [3.63, 3.8) is 0 Å². The molecule has 2 saturated heterocycles. The van der Waals surface area contributed by atoms with E-state index < -0.39 is 36.1 Å². The lowest BCUT2D eigenvalue weighted by atomic mass is 10.1. The molecule has 53 heavy (non-hydrogen) atoms. The number of benzene rings is 4. The molecule has 0 radical (unpaired) electrons. The van der Waals surface area contributed by atoms with Crippen molar-refractivity contribution in [2.75, 3.05) is 23.7 Å². The van der Waals surface area contributed by atoms with Gasteiger partial charge in [-0.2, -0.15) is 0 Å². The number of aliphatic hydroxyl groups excluding tert-OH is 2. The second kappa shape index (κ2) is 15.6. The van der Waals surface area contributed by atoms with Crippen molar-refractivity contribution in [2.24, 2.45) is 0 Å². The molecule has 1 unspecified atom stereocenters. The van der Waals surface area contributed by atoms with Crippen molar-refractivity contribution in [1.29, 1.82) is 0 Å². The standard InChI is InChI=1S/C40H38N6O7/c47-33(25-9-3-1-4-10-25)39(51)45-23-7-13-31(45)35(49)41-29-19-15-27(16-20-29)37-43-44-38(53-37)28-17-21-30(22-18-28)42-36(50)32-14-8-24-46(32)40(52)34(48)26-11-5-2-6-12-26/h1-6,9-12,15-22,31-34,47-48H,7-8,13-14,23-24H2,(H,41,49)(H,42,50)/t31-,32?,33-,34-/m0/s1. The van der Waals surface area contributed by atoms with E-state index in [-0.39, 0.29) is 23.6 Å². The molecule has 2 aliphatic rings. The first-order valence-electron chi connectivity index (χ1n) is 17.5. The van der Waals surface area contributed by atoms with E-state index in [1.807, 2.05) is 0 Å². The Hall–Kier alpha value is -6.18. The fourth-order valence-corrected chi connectivity index (χ4v) is 6.78. The SMILES string of the molecule is O=C(Nc1ccc(-c2nnc(-c3ccc(NC(=O)[C@@H]4CCCN4C(=O)[C@@H](O)c4ccccc4)cc3)o2)cc1)C1CCCN1C(=O)[C@@H](O)c1ccccc1. The molecule has 4 N–H and O–H groups in total. The summed E-state index contributed by atoms with van der Waals surface area (Å²) in [5.74, 6) is -1.14. The predicted octanol–water partition coefficient (Wildman–Crippen LogP) is 4.73. The van der Waals surface area contributed by atoms with Gasteiger partial charge in [0, 0.05) is 35.6 Å². The fourth-order valence-electron chi connectivity index (χ4n) is 6.78. The Bertz CT molecular complexity index is 1920. The van der Waals surface area contributed by atoms with Gasteiger partial charge in [0.2, 0.25) is 23.6 Å². The predicted molar refractivity (Wildman–Crippen MR) is 195 cm³/mol. The van der Waals surface area contributed by atoms with E-state index in [4.69, 9.17) is 4.42 Å². The molecule has 2 fully saturated rings. The highest BCUT2D eigenvalue weighted by molar-refractivity contribution is 5.99. The number of hydrogen-bond acceptors (Lipinski definition) is 9. The topological polar surface area (TPSA) is 178 Å². The normalized spacial score (nSPS) is 18.0. The largest absolute Gasteiger partial charge is 0.416 e. The minimum absolute atomic E-state index is 0.265. The number of aromatic nitrogens is 2. The number of aliphatic hydroxyl groups is 2. The van der Waals surface area contributed by atoms with Gasteiger partial charge in [-0.15, -0.1) is 10.2 Å². The monoisotopic (exact) mass is 714 g/mol. The number of carbonyl (C=O) groups is 4. The Balaban J connectivity index is 0.938. The molecule has 3 heterocycles. The maximum absolute atomic E-state index is 13.2. The van der Waals surface area contributed by atoms with Crippen LogP contribution in [-0.2, 0) is 19.2 Å². The third kappa shape index (κ3) is 7.71. The van der Waals surface area contributed by atoms with Crippen LogP contribution in [0.25, 0.3) is 22.9 Å². The van der Waals surface area contributed by atoms with E-state index in [2.05, 4.69) is 20.8 Å². The maximum atomic E-state index is 13.2. The average molecular weight is 715 g/mol. The van der Waals surface area contributed by atoms with Crippen molar-refractivity contribution in [3.8, 4) is 22.9 Å². The number of carbonyl (C=O) groups excluding carboxylic acids is 4. The molecular formula is C40H38N6O7. The molecule has 0 bridgehead atoms. The van der Waals surface area contributed by atoms with Crippen molar-refractivity contribution in [1.82, 2.24) is 20.0 Å². The molecule has 4 amide bonds. The van der Waals surface area contributed by atoms with E-state index in [0.717, 1.165) is 0 Å². The minimum Gasteiger partial charge on any atom is -0.416 e. The van der Waals surface area contributed by atoms with E-state index in [9.17, 15) is 29.4 Å². The van der Waals surface area contributed by atoms with Gasteiger partial charge >= 0.3 is 0 Å². The molecule has 4 atom stereocenters. The van der Waals surface area contributed by atoms with Gasteiger partial charge in [-0.05, 0) is 85.3 Å². The summed E-state index contributed by atoms with van der Waals surface area (Å²) in [6.45, 7) is 0.776. The Morgan fingerprint density at radius 2 is 0.962 bits per heavy atom. The lowest BCUT2D eigenvalue weighted by Gasteiger charge is -2.26. The molecule has 0 aliphatic carbocycles. The molecule has 13 heteroatoms. The summed E-state index contributed by atoms with van der Waals surface area (Å²) in [6.07, 6.45) is -0.371. The second-order valence-electron chi connectivity index (χ2n) is 13.1. The van der Waals surface area contributed by atoms with Crippen LogP contribution in [-0.4, -0.2) is 79.0 Å². The van der Waals surface area contributed by atoms with Crippen LogP contribution in [0.1, 0.15) is 49.0 Å². The Labute approximate surface area is 305 Å². The van der Waals surface area contributed by atoms with Gasteiger partial charge in [0.1, 0.15) is 12.1 Å². The van der Waals surface area contributed by atoms with Gasteiger partial charge in [0.15, 0.2) is 12.2 Å². The number of nitrogens with one attached hydrogen (secondary N) is 2. The van der Waals surface area contributed by atoms with Gasteiger partial charge in [-0.1, -0.05) is 60.7 Å². The summed E-state index contributed by atoms with van der Waals surface area (Å²) < 4.78 is 5.93. The highest BCUT2D eigenvalue weighted by Crippen LogP contribution is 2.29. The minimum atomic E-state index is -1.34. The van der Waals surface area contributed by atoms with Crippen molar-refractivity contribution in [2.45, 2.75) is 50.0 Å². The van der Waals surface area contributed by atoms with Crippen LogP contribution in [0.3, 0.4) is 0 Å². The van der Waals surface area contributed by atoms with Crippen molar-refractivity contribution < 1.29 is 33.8 Å². The van der Waals surface area contributed by atoms with E-state index in [1.54, 1.807) is 109 Å². The van der Waals surface area contributed by atoms with Crippen molar-refractivity contribution >= 4 is 35.0 Å². The second-order valence-corrected chi connectivity index (χ2v) is 13.1. The summed E-state index contributed by atoms with van der Waals surface area (Å²) in [5, 5.41) is 35.3. The third-order valence-corrected chi connectivity index (χ3v) is 9.60. The molecule has 1 aromatic heterocycles. The zero-order chi connectivity index (χ0) is 36.9. The zero-order valence-corrected chi connectivity index (χ0v) is 28.7. The number of rotatable bonds is 10. The van der Waals surface area contributed by atoms with Gasteiger partial charge < -0.3 is 35.1 Å². The van der Waals surface area contributed by atoms with Crippen LogP contribution >= 0.6 is 0 Å². The quantitative estimate of drug-likeness (QED) is 0.159. The highest BCUT2D eigenvalue weighted by Gasteiger charge is 2.38. The number of nitrogens with zero attached hydrogens (tertiary/aromatic N) is 4. The third-order valence-electron chi connectivity index (χ3n) is 9.60. The van der Waals surface area contributed by atoms with E-state index >= 15 is 0 Å². The van der Waals surface area contributed by atoms with Gasteiger partial charge in [0.25, 0.3) is 11.8 Å². The maximum Gasteiger partial charge on any atom is 0.256 e. The highest BCUT2D eigenvalue weighted by atomic mass is 16.4. The molecule has 0 saturated carbocycles. The van der Waals surface area contributed by atoms with Crippen LogP contribution in [0.2, 0.25) is 0 Å². The van der Waals surface area contributed by atoms with Gasteiger partial charge in [0.05, 0.1) is 0 Å². The smallest absolute Gasteiger partial charge is 0.256 e. The molecular weight excluding hydrogens is 676 g/mol. The van der Waals surface area contributed by atoms with Crippen LogP contribution in [0.5, 0.6) is 0 Å². The Kier molecular flexibility index (Phi) is 10.4. The first kappa shape index (κ1) is 35.2. The summed E-state index contributed by atoms with van der Waals surface area (Å²) in [7, 11) is 0. The summed E-state index contributed by atoms with van der Waals surface area (Å²) in [6, 6.07) is 29.7. The molecule has 4 aromatic carbocycles. The Morgan fingerprint density at radius 3 is 1.34 bits per heavy atom. The number of likely N-dealkylation sites (tertiary alicyclic amines) is 2. The summed E-state index contributed by atoms with van der Waals surface area (Å²) in [4.78, 5) is 55.4. The number of amides is 4. The summed E-state index contributed by atoms with van der Waals surface area (Å²) in [5.41, 5.74) is 3.26. The van der Waals surface area contributed by atoms with Crippen LogP contribution in [0.15, 0.2) is 114 Å². The average Bonchev–Trinajstić information content (AvgIpc) is 4.00. The van der Waals surface area contributed by atoms with Crippen LogP contribution < -0.4 is 10.6 Å². The van der Waals surface area contributed by atoms with Gasteiger partial charge in [-0.25, -0.2) is 0 Å². The molecule has 13 nitrogen and oxygen atoms in total. The first-order valence-corrected chi connectivity index (χ1v) is 17.5. The number of hydrogen-bond donors (Lipinski definition) is 4. The summed E-state index contributed by atoms with van der Waals surface area (Å²) >= 11 is 0. The van der Waals surface area contributed by atoms with Crippen LogP contribution in [0.4, 0.5) is 11.4 Å². The molecule has 7 rings (SSSR count). The molecule has 0 spiro atoms.